The third-order valence-corrected chi connectivity index (χ3v) is 5.67. The molecule has 10 heteroatoms. The summed E-state index contributed by atoms with van der Waals surface area (Å²) < 4.78 is 47.9. The third kappa shape index (κ3) is 4.57. The third-order valence-electron chi connectivity index (χ3n) is 5.41. The van der Waals surface area contributed by atoms with E-state index in [4.69, 9.17) is 16.3 Å². The van der Waals surface area contributed by atoms with E-state index in [0.29, 0.717) is 5.75 Å². The molecule has 1 fully saturated rings. The Bertz CT molecular complexity index is 1200. The van der Waals surface area contributed by atoms with Gasteiger partial charge in [0, 0.05) is 10.6 Å². The lowest BCUT2D eigenvalue weighted by atomic mass is 9.77. The highest BCUT2D eigenvalue weighted by molar-refractivity contribution is 6.30. The standard InChI is InChI=1S/C24H18ClF3N2O4/c25-16-11-9-14(10-12-16)21(31)19-20(29-22(32)30-23(19,33)24(26,27)28)15-5-4-8-18(13-15)34-17-6-2-1-3-7-17/h1-13,19-20,33H,(H2,29,30,32)/t19-,20-,23-/m1/s1. The molecule has 0 bridgehead atoms. The van der Waals surface area contributed by atoms with E-state index in [1.54, 1.807) is 36.4 Å². The lowest BCUT2D eigenvalue weighted by Gasteiger charge is -2.45. The van der Waals surface area contributed by atoms with E-state index in [1.165, 1.54) is 47.8 Å². The predicted molar refractivity (Wildman–Crippen MR) is 118 cm³/mol. The highest BCUT2D eigenvalue weighted by Gasteiger charge is 2.66. The van der Waals surface area contributed by atoms with E-state index < -0.39 is 35.7 Å². The first-order chi connectivity index (χ1) is 16.1. The average molecular weight is 491 g/mol. The summed E-state index contributed by atoms with van der Waals surface area (Å²) in [6.45, 7) is 0. The zero-order chi connectivity index (χ0) is 24.5. The first-order valence-corrected chi connectivity index (χ1v) is 10.5. The van der Waals surface area contributed by atoms with Crippen molar-refractivity contribution in [3.8, 4) is 11.5 Å². The van der Waals surface area contributed by atoms with Gasteiger partial charge in [-0.3, -0.25) is 4.79 Å². The lowest BCUT2D eigenvalue weighted by Crippen LogP contribution is -2.72. The molecule has 3 aromatic carbocycles. The lowest BCUT2D eigenvalue weighted by molar-refractivity contribution is -0.287. The van der Waals surface area contributed by atoms with Crippen LogP contribution >= 0.6 is 11.6 Å². The summed E-state index contributed by atoms with van der Waals surface area (Å²) in [6, 6.07) is 17.0. The molecule has 3 aromatic rings. The van der Waals surface area contributed by atoms with Gasteiger partial charge in [-0.1, -0.05) is 41.9 Å². The van der Waals surface area contributed by atoms with Crippen LogP contribution in [0, 0.1) is 5.92 Å². The van der Waals surface area contributed by atoms with E-state index in [0.717, 1.165) is 0 Å². The number of alkyl halides is 3. The van der Waals surface area contributed by atoms with Crippen LogP contribution in [0.5, 0.6) is 11.5 Å². The van der Waals surface area contributed by atoms with Crippen LogP contribution in [0.25, 0.3) is 0 Å². The molecule has 34 heavy (non-hydrogen) atoms. The van der Waals surface area contributed by atoms with Crippen molar-refractivity contribution in [2.45, 2.75) is 17.9 Å². The Hall–Kier alpha value is -3.56. The molecule has 0 spiro atoms. The highest BCUT2D eigenvalue weighted by atomic mass is 35.5. The fourth-order valence-corrected chi connectivity index (χ4v) is 3.93. The van der Waals surface area contributed by atoms with Crippen LogP contribution in [-0.2, 0) is 0 Å². The van der Waals surface area contributed by atoms with E-state index in [9.17, 15) is 27.9 Å². The smallest absolute Gasteiger partial charge is 0.437 e. The summed E-state index contributed by atoms with van der Waals surface area (Å²) in [5.41, 5.74) is -3.80. The number of hydrogen-bond donors (Lipinski definition) is 3. The van der Waals surface area contributed by atoms with Gasteiger partial charge in [0.15, 0.2) is 5.78 Å². The van der Waals surface area contributed by atoms with Crippen LogP contribution in [0.2, 0.25) is 5.02 Å². The van der Waals surface area contributed by atoms with Crippen LogP contribution in [0.15, 0.2) is 78.9 Å². The van der Waals surface area contributed by atoms with Gasteiger partial charge >= 0.3 is 12.2 Å². The normalized spacial score (nSPS) is 22.4. The van der Waals surface area contributed by atoms with Crippen molar-refractivity contribution in [3.05, 3.63) is 95.0 Å². The minimum absolute atomic E-state index is 0.114. The van der Waals surface area contributed by atoms with Gasteiger partial charge in [-0.25, -0.2) is 4.79 Å². The molecule has 2 amide bonds. The number of hydrogen-bond acceptors (Lipinski definition) is 4. The molecular weight excluding hydrogens is 473 g/mol. The average Bonchev–Trinajstić information content (AvgIpc) is 2.79. The second-order valence-corrected chi connectivity index (χ2v) is 8.11. The van der Waals surface area contributed by atoms with Gasteiger partial charge < -0.3 is 20.5 Å². The highest BCUT2D eigenvalue weighted by Crippen LogP contribution is 2.44. The molecule has 6 nitrogen and oxygen atoms in total. The maximum absolute atomic E-state index is 14.1. The largest absolute Gasteiger partial charge is 0.457 e. The first-order valence-electron chi connectivity index (χ1n) is 10.1. The number of Topliss-reactive ketones (excluding diaryl/α,β-unsaturated/α-hetero) is 1. The number of benzene rings is 3. The van der Waals surface area contributed by atoms with Crippen LogP contribution < -0.4 is 15.4 Å². The van der Waals surface area contributed by atoms with E-state index in [-0.39, 0.29) is 21.9 Å². The monoisotopic (exact) mass is 490 g/mol. The van der Waals surface area contributed by atoms with Crippen molar-refractivity contribution >= 4 is 23.4 Å². The predicted octanol–water partition coefficient (Wildman–Crippen LogP) is 5.24. The molecule has 3 atom stereocenters. The van der Waals surface area contributed by atoms with E-state index >= 15 is 0 Å². The summed E-state index contributed by atoms with van der Waals surface area (Å²) >= 11 is 5.83. The van der Waals surface area contributed by atoms with Crippen molar-refractivity contribution in [3.63, 3.8) is 0 Å². The molecule has 1 aliphatic rings. The van der Waals surface area contributed by atoms with Gasteiger partial charge in [-0.05, 0) is 54.1 Å². The number of ether oxygens (including phenoxy) is 1. The van der Waals surface area contributed by atoms with Gasteiger partial charge in [0.25, 0.3) is 0 Å². The number of urea groups is 1. The molecule has 0 radical (unpaired) electrons. The van der Waals surface area contributed by atoms with Gasteiger partial charge in [0.05, 0.1) is 6.04 Å². The van der Waals surface area contributed by atoms with Crippen molar-refractivity contribution in [1.29, 1.82) is 0 Å². The van der Waals surface area contributed by atoms with Gasteiger partial charge in [-0.15, -0.1) is 0 Å². The van der Waals surface area contributed by atoms with Crippen molar-refractivity contribution in [1.82, 2.24) is 10.6 Å². The Morgan fingerprint density at radius 3 is 2.26 bits per heavy atom. The molecule has 1 heterocycles. The topological polar surface area (TPSA) is 87.7 Å². The molecule has 1 saturated heterocycles. The Balaban J connectivity index is 1.78. The zero-order valence-corrected chi connectivity index (χ0v) is 18.1. The second-order valence-electron chi connectivity index (χ2n) is 7.68. The maximum Gasteiger partial charge on any atom is 0.437 e. The number of amides is 2. The van der Waals surface area contributed by atoms with Gasteiger partial charge in [0.2, 0.25) is 5.72 Å². The summed E-state index contributed by atoms with van der Waals surface area (Å²) in [5.74, 6) is -2.44. The molecule has 0 aliphatic carbocycles. The molecule has 4 rings (SSSR count). The van der Waals surface area contributed by atoms with Crippen LogP contribution in [0.1, 0.15) is 22.0 Å². The quantitative estimate of drug-likeness (QED) is 0.427. The number of nitrogens with one attached hydrogen (secondary N) is 2. The molecule has 0 unspecified atom stereocenters. The summed E-state index contributed by atoms with van der Waals surface area (Å²) in [4.78, 5) is 25.5. The molecule has 3 N–H and O–H groups in total. The molecule has 0 saturated carbocycles. The first kappa shape index (κ1) is 23.6. The van der Waals surface area contributed by atoms with Crippen molar-refractivity contribution in [2.24, 2.45) is 5.92 Å². The molecule has 176 valence electrons. The van der Waals surface area contributed by atoms with Crippen molar-refractivity contribution < 1.29 is 32.6 Å². The maximum atomic E-state index is 14.1. The zero-order valence-electron chi connectivity index (χ0n) is 17.3. The Kier molecular flexibility index (Phi) is 6.24. The Morgan fingerprint density at radius 1 is 0.971 bits per heavy atom. The summed E-state index contributed by atoms with van der Waals surface area (Å²) in [6.07, 6.45) is -5.35. The summed E-state index contributed by atoms with van der Waals surface area (Å²) in [5, 5.41) is 14.8. The number of halogens is 4. The number of rotatable bonds is 5. The van der Waals surface area contributed by atoms with Gasteiger partial charge in [-0.2, -0.15) is 13.2 Å². The van der Waals surface area contributed by atoms with Gasteiger partial charge in [0.1, 0.15) is 17.4 Å². The number of carbonyl (C=O) groups excluding carboxylic acids is 2. The van der Waals surface area contributed by atoms with E-state index in [2.05, 4.69) is 5.32 Å². The van der Waals surface area contributed by atoms with E-state index in [1.807, 2.05) is 0 Å². The van der Waals surface area contributed by atoms with Crippen molar-refractivity contribution in [2.75, 3.05) is 0 Å². The number of ketones is 1. The minimum atomic E-state index is -5.35. The number of aliphatic hydroxyl groups is 1. The second kappa shape index (κ2) is 9.00. The van der Waals surface area contributed by atoms with Crippen LogP contribution in [-0.4, -0.2) is 28.8 Å². The minimum Gasteiger partial charge on any atom is -0.457 e. The fraction of sp³-hybridized carbons (Fsp3) is 0.167. The molecular formula is C24H18ClF3N2O4. The molecule has 0 aromatic heterocycles. The van der Waals surface area contributed by atoms with Crippen LogP contribution in [0.3, 0.4) is 0 Å². The van der Waals surface area contributed by atoms with Crippen LogP contribution in [0.4, 0.5) is 18.0 Å². The number of carbonyl (C=O) groups is 2. The SMILES string of the molecule is O=C1N[C@H](c2cccc(Oc3ccccc3)c2)[C@H](C(=O)c2ccc(Cl)cc2)[C@@](O)(C(F)(F)F)N1. The number of para-hydroxylation sites is 1. The Labute approximate surface area is 197 Å². The molecule has 1 aliphatic heterocycles. The summed E-state index contributed by atoms with van der Waals surface area (Å²) in [7, 11) is 0. The Morgan fingerprint density at radius 2 is 1.62 bits per heavy atom. The fourth-order valence-electron chi connectivity index (χ4n) is 3.81.